The normalized spacial score (nSPS) is 14.3. The molecule has 0 spiro atoms. The van der Waals surface area contributed by atoms with Crippen LogP contribution >= 0.6 is 0 Å². The summed E-state index contributed by atoms with van der Waals surface area (Å²) in [6.45, 7) is 3.74. The first-order valence-corrected chi connectivity index (χ1v) is 6.64. The quantitative estimate of drug-likeness (QED) is 0.894. The van der Waals surface area contributed by atoms with Crippen LogP contribution in [-0.4, -0.2) is 20.4 Å². The van der Waals surface area contributed by atoms with Crippen molar-refractivity contribution in [2.45, 2.75) is 32.7 Å². The molecular weight excluding hydrogens is 254 g/mol. The number of aromatic nitrogens is 3. The van der Waals surface area contributed by atoms with Gasteiger partial charge >= 0.3 is 0 Å². The van der Waals surface area contributed by atoms with Crippen LogP contribution in [0.15, 0.2) is 18.3 Å². The van der Waals surface area contributed by atoms with Crippen molar-refractivity contribution in [1.82, 2.24) is 14.5 Å². The summed E-state index contributed by atoms with van der Waals surface area (Å²) in [6.07, 6.45) is 4.00. The lowest BCUT2D eigenvalue weighted by Crippen LogP contribution is -2.18. The van der Waals surface area contributed by atoms with Crippen molar-refractivity contribution in [3.63, 3.8) is 0 Å². The van der Waals surface area contributed by atoms with Gasteiger partial charge in [0.1, 0.15) is 5.69 Å². The van der Waals surface area contributed by atoms with Crippen molar-refractivity contribution in [2.75, 3.05) is 11.1 Å². The number of nitrogens with zero attached hydrogens (tertiary/aromatic N) is 3. The molecule has 0 saturated heterocycles. The Hall–Kier alpha value is -2.37. The molecule has 6 nitrogen and oxygen atoms in total. The maximum Gasteiger partial charge on any atom is 0.274 e. The number of hydrogen-bond acceptors (Lipinski definition) is 4. The summed E-state index contributed by atoms with van der Waals surface area (Å²) in [7, 11) is 0. The third-order valence-corrected chi connectivity index (χ3v) is 3.25. The molecule has 1 aliphatic carbocycles. The van der Waals surface area contributed by atoms with E-state index in [1.807, 2.05) is 30.7 Å². The Bertz CT molecular complexity index is 652. The topological polar surface area (TPSA) is 85.8 Å². The molecule has 1 fully saturated rings. The number of anilines is 2. The van der Waals surface area contributed by atoms with Crippen molar-refractivity contribution in [3.05, 3.63) is 35.4 Å². The second-order valence-electron chi connectivity index (χ2n) is 5.23. The fraction of sp³-hybridized carbons (Fsp3) is 0.357. The zero-order chi connectivity index (χ0) is 14.3. The van der Waals surface area contributed by atoms with Crippen LogP contribution in [0.1, 0.15) is 40.8 Å². The smallest absolute Gasteiger partial charge is 0.274 e. The van der Waals surface area contributed by atoms with Gasteiger partial charge in [-0.05, 0) is 38.8 Å². The second kappa shape index (κ2) is 4.63. The van der Waals surface area contributed by atoms with Gasteiger partial charge in [-0.3, -0.25) is 10.1 Å². The van der Waals surface area contributed by atoms with Crippen molar-refractivity contribution in [3.8, 4) is 0 Å². The van der Waals surface area contributed by atoms with Crippen LogP contribution in [0.25, 0.3) is 0 Å². The largest absolute Gasteiger partial charge is 0.397 e. The highest BCUT2D eigenvalue weighted by Crippen LogP contribution is 2.37. The van der Waals surface area contributed by atoms with E-state index < -0.39 is 0 Å². The highest BCUT2D eigenvalue weighted by Gasteiger charge is 2.28. The van der Waals surface area contributed by atoms with Crippen molar-refractivity contribution < 1.29 is 4.79 Å². The van der Waals surface area contributed by atoms with Crippen LogP contribution in [0.2, 0.25) is 0 Å². The van der Waals surface area contributed by atoms with E-state index in [0.717, 1.165) is 24.2 Å². The van der Waals surface area contributed by atoms with E-state index in [2.05, 4.69) is 15.3 Å². The zero-order valence-electron chi connectivity index (χ0n) is 11.6. The molecule has 2 aromatic heterocycles. The number of hydrogen-bond donors (Lipinski definition) is 2. The molecule has 104 valence electrons. The number of amides is 1. The van der Waals surface area contributed by atoms with Crippen molar-refractivity contribution >= 4 is 17.5 Å². The van der Waals surface area contributed by atoms with E-state index in [0.29, 0.717) is 23.4 Å². The van der Waals surface area contributed by atoms with Crippen molar-refractivity contribution in [2.24, 2.45) is 0 Å². The molecule has 0 unspecified atom stereocenters. The Labute approximate surface area is 117 Å². The van der Waals surface area contributed by atoms with E-state index in [1.165, 1.54) is 0 Å². The number of rotatable bonds is 3. The standard InChI is InChI=1S/C14H17N5O/c1-8-5-9(2)17-14(16-8)18-13(20)12-6-10(15)7-19(12)11-3-4-11/h5-7,11H,3-4,15H2,1-2H3,(H,16,17,18,20). The fourth-order valence-corrected chi connectivity index (χ4v) is 2.28. The van der Waals surface area contributed by atoms with Gasteiger partial charge in [-0.1, -0.05) is 0 Å². The van der Waals surface area contributed by atoms with E-state index in [-0.39, 0.29) is 5.91 Å². The van der Waals surface area contributed by atoms with E-state index in [1.54, 1.807) is 6.07 Å². The molecule has 2 heterocycles. The lowest BCUT2D eigenvalue weighted by atomic mass is 10.3. The molecule has 1 saturated carbocycles. The first kappa shape index (κ1) is 12.7. The lowest BCUT2D eigenvalue weighted by Gasteiger charge is -2.08. The molecule has 20 heavy (non-hydrogen) atoms. The molecule has 1 amide bonds. The molecule has 2 aromatic rings. The SMILES string of the molecule is Cc1cc(C)nc(NC(=O)c2cc(N)cn2C2CC2)n1. The molecule has 0 aromatic carbocycles. The molecule has 0 radical (unpaired) electrons. The number of nitrogens with two attached hydrogens (primary N) is 1. The molecule has 0 bridgehead atoms. The Morgan fingerprint density at radius 2 is 1.95 bits per heavy atom. The average molecular weight is 271 g/mol. The average Bonchev–Trinajstić information content (AvgIpc) is 3.11. The Morgan fingerprint density at radius 1 is 1.30 bits per heavy atom. The minimum Gasteiger partial charge on any atom is -0.397 e. The highest BCUT2D eigenvalue weighted by atomic mass is 16.2. The summed E-state index contributed by atoms with van der Waals surface area (Å²) in [5.41, 5.74) is 8.60. The van der Waals surface area contributed by atoms with Gasteiger partial charge in [-0.25, -0.2) is 9.97 Å². The third kappa shape index (κ3) is 2.49. The second-order valence-corrected chi connectivity index (χ2v) is 5.23. The Balaban J connectivity index is 1.85. The van der Waals surface area contributed by atoms with Crippen LogP contribution in [0, 0.1) is 13.8 Å². The maximum atomic E-state index is 12.3. The summed E-state index contributed by atoms with van der Waals surface area (Å²) in [5, 5.41) is 2.74. The predicted molar refractivity (Wildman–Crippen MR) is 76.6 cm³/mol. The number of nitrogen functional groups attached to an aromatic ring is 1. The molecule has 3 rings (SSSR count). The summed E-state index contributed by atoms with van der Waals surface area (Å²) in [6, 6.07) is 3.95. The molecule has 6 heteroatoms. The van der Waals surface area contributed by atoms with E-state index in [4.69, 9.17) is 5.73 Å². The maximum absolute atomic E-state index is 12.3. The number of aryl methyl sites for hydroxylation is 2. The zero-order valence-corrected chi connectivity index (χ0v) is 11.6. The van der Waals surface area contributed by atoms with Gasteiger partial charge in [0.25, 0.3) is 5.91 Å². The molecule has 1 aliphatic rings. The van der Waals surface area contributed by atoms with Crippen LogP contribution < -0.4 is 11.1 Å². The van der Waals surface area contributed by atoms with Crippen LogP contribution in [-0.2, 0) is 0 Å². The number of carbonyl (C=O) groups is 1. The van der Waals surface area contributed by atoms with Crippen molar-refractivity contribution in [1.29, 1.82) is 0 Å². The van der Waals surface area contributed by atoms with Gasteiger partial charge in [0.15, 0.2) is 0 Å². The molecule has 0 atom stereocenters. The molecule has 3 N–H and O–H groups in total. The van der Waals surface area contributed by atoms with Gasteiger partial charge in [-0.15, -0.1) is 0 Å². The monoisotopic (exact) mass is 271 g/mol. The van der Waals surface area contributed by atoms with Gasteiger partial charge in [0.2, 0.25) is 5.95 Å². The highest BCUT2D eigenvalue weighted by molar-refractivity contribution is 6.03. The minimum atomic E-state index is -0.224. The predicted octanol–water partition coefficient (Wildman–Crippen LogP) is 2.06. The van der Waals surface area contributed by atoms with Gasteiger partial charge in [-0.2, -0.15) is 0 Å². The third-order valence-electron chi connectivity index (χ3n) is 3.25. The summed E-state index contributed by atoms with van der Waals surface area (Å²) >= 11 is 0. The lowest BCUT2D eigenvalue weighted by molar-refractivity contribution is 0.101. The van der Waals surface area contributed by atoms with E-state index >= 15 is 0 Å². The number of carbonyl (C=O) groups excluding carboxylic acids is 1. The number of nitrogens with one attached hydrogen (secondary N) is 1. The summed E-state index contributed by atoms with van der Waals surface area (Å²) in [4.78, 5) is 20.8. The Kier molecular flexibility index (Phi) is 2.93. The van der Waals surface area contributed by atoms with Crippen LogP contribution in [0.5, 0.6) is 0 Å². The first-order chi connectivity index (χ1) is 9.52. The van der Waals surface area contributed by atoms with Crippen LogP contribution in [0.3, 0.4) is 0 Å². The van der Waals surface area contributed by atoms with Gasteiger partial charge in [0.05, 0.1) is 5.69 Å². The molecule has 0 aliphatic heterocycles. The van der Waals surface area contributed by atoms with E-state index in [9.17, 15) is 4.79 Å². The van der Waals surface area contributed by atoms with Gasteiger partial charge in [0, 0.05) is 23.6 Å². The summed E-state index contributed by atoms with van der Waals surface area (Å²) < 4.78 is 1.94. The Morgan fingerprint density at radius 3 is 2.55 bits per heavy atom. The molecular formula is C14H17N5O. The minimum absolute atomic E-state index is 0.224. The summed E-state index contributed by atoms with van der Waals surface area (Å²) in [5.74, 6) is 0.105. The fourth-order valence-electron chi connectivity index (χ4n) is 2.28. The van der Waals surface area contributed by atoms with Crippen LogP contribution in [0.4, 0.5) is 11.6 Å². The first-order valence-electron chi connectivity index (χ1n) is 6.64. The van der Waals surface area contributed by atoms with Gasteiger partial charge < -0.3 is 10.3 Å².